The molecule has 0 atom stereocenters. The van der Waals surface area contributed by atoms with Crippen LogP contribution in [0.4, 0.5) is 0 Å². The van der Waals surface area contributed by atoms with E-state index in [1.165, 1.54) is 53.0 Å². The fraction of sp³-hybridized carbons (Fsp3) is 0.304. The predicted molar refractivity (Wildman–Crippen MR) is 120 cm³/mol. The Morgan fingerprint density at radius 1 is 1.10 bits per heavy atom. The first-order chi connectivity index (χ1) is 14.5. The van der Waals surface area contributed by atoms with E-state index in [0.717, 1.165) is 21.7 Å². The molecule has 1 aliphatic rings. The van der Waals surface area contributed by atoms with Gasteiger partial charge in [-0.25, -0.2) is 22.4 Å². The summed E-state index contributed by atoms with van der Waals surface area (Å²) >= 11 is 1.53. The molecule has 0 spiro atoms. The van der Waals surface area contributed by atoms with Gasteiger partial charge in [0.25, 0.3) is 10.0 Å². The van der Waals surface area contributed by atoms with Gasteiger partial charge in [0.2, 0.25) is 0 Å². The maximum atomic E-state index is 13.4. The first-order valence-corrected chi connectivity index (χ1v) is 12.6. The molecule has 0 N–H and O–H groups in total. The van der Waals surface area contributed by atoms with Gasteiger partial charge in [0, 0.05) is 34.4 Å². The quantitative estimate of drug-likeness (QED) is 0.408. The van der Waals surface area contributed by atoms with Gasteiger partial charge >= 0.3 is 0 Å². The van der Waals surface area contributed by atoms with Crippen LogP contribution in [0.1, 0.15) is 49.3 Å². The number of nitrogens with zero attached hydrogens (tertiary/aromatic N) is 3. The molecule has 5 rings (SSSR count). The molecule has 154 valence electrons. The van der Waals surface area contributed by atoms with Crippen molar-refractivity contribution in [1.82, 2.24) is 13.9 Å². The zero-order valence-electron chi connectivity index (χ0n) is 16.8. The van der Waals surface area contributed by atoms with Crippen LogP contribution in [-0.2, 0) is 10.0 Å². The molecule has 0 amide bonds. The maximum Gasteiger partial charge on any atom is 0.269 e. The lowest BCUT2D eigenvalue weighted by atomic mass is 9.84. The third-order valence-electron chi connectivity index (χ3n) is 5.86. The molecule has 0 bridgehead atoms. The molecule has 7 heteroatoms. The number of rotatable bonds is 4. The number of pyridine rings is 1. The lowest BCUT2D eigenvalue weighted by Gasteiger charge is -2.21. The average molecular weight is 438 g/mol. The van der Waals surface area contributed by atoms with Crippen LogP contribution in [0, 0.1) is 6.92 Å². The number of benzene rings is 1. The Labute approximate surface area is 180 Å². The topological polar surface area (TPSA) is 64.8 Å². The van der Waals surface area contributed by atoms with Crippen molar-refractivity contribution in [3.63, 3.8) is 0 Å². The number of hydrogen-bond donors (Lipinski definition) is 0. The van der Waals surface area contributed by atoms with Gasteiger partial charge in [0.1, 0.15) is 5.01 Å². The molecular formula is C23H23N3O2S2. The highest BCUT2D eigenvalue weighted by atomic mass is 32.2. The van der Waals surface area contributed by atoms with E-state index in [1.54, 1.807) is 30.5 Å². The highest BCUT2D eigenvalue weighted by Crippen LogP contribution is 2.38. The van der Waals surface area contributed by atoms with Crippen molar-refractivity contribution in [3.05, 3.63) is 65.4 Å². The Morgan fingerprint density at radius 3 is 2.57 bits per heavy atom. The number of fused-ring (bicyclic) bond motifs is 1. The van der Waals surface area contributed by atoms with Gasteiger partial charge in [-0.15, -0.1) is 11.3 Å². The van der Waals surface area contributed by atoms with Crippen LogP contribution in [0.2, 0.25) is 0 Å². The van der Waals surface area contributed by atoms with Crippen molar-refractivity contribution >= 4 is 32.4 Å². The molecule has 1 aliphatic carbocycles. The van der Waals surface area contributed by atoms with E-state index in [0.29, 0.717) is 11.6 Å². The third kappa shape index (κ3) is 3.36. The van der Waals surface area contributed by atoms with Crippen LogP contribution in [0.25, 0.3) is 21.6 Å². The molecule has 1 fully saturated rings. The van der Waals surface area contributed by atoms with E-state index >= 15 is 0 Å². The summed E-state index contributed by atoms with van der Waals surface area (Å²) in [5.74, 6) is 0.496. The van der Waals surface area contributed by atoms with Crippen molar-refractivity contribution in [2.45, 2.75) is 49.8 Å². The standard InChI is InChI=1S/C23H23N3O2S2/c1-16-15-29-23(25-16)21-14-26(30(27,28)19-10-6-3-7-11-19)22-20(21)12-18(13-24-22)17-8-4-2-5-9-17/h3,6-7,10-15,17H,2,4-5,8-9H2,1H3. The first-order valence-electron chi connectivity index (χ1n) is 10.3. The molecule has 1 saturated carbocycles. The Hall–Kier alpha value is -2.51. The normalized spacial score (nSPS) is 15.6. The van der Waals surface area contributed by atoms with Crippen LogP contribution in [0.3, 0.4) is 0 Å². The highest BCUT2D eigenvalue weighted by Gasteiger charge is 2.25. The van der Waals surface area contributed by atoms with Gasteiger partial charge in [0.05, 0.1) is 4.90 Å². The molecule has 3 aromatic heterocycles. The molecule has 0 radical (unpaired) electrons. The third-order valence-corrected chi connectivity index (χ3v) is 8.52. The predicted octanol–water partition coefficient (Wildman–Crippen LogP) is 5.75. The van der Waals surface area contributed by atoms with Gasteiger partial charge in [-0.2, -0.15) is 0 Å². The fourth-order valence-electron chi connectivity index (χ4n) is 4.29. The SMILES string of the molecule is Cc1csc(-c2cn(S(=O)(=O)c3ccccc3)c3ncc(C4CCCCC4)cc23)n1. The van der Waals surface area contributed by atoms with Crippen LogP contribution >= 0.6 is 11.3 Å². The summed E-state index contributed by atoms with van der Waals surface area (Å²) in [6.07, 6.45) is 9.66. The van der Waals surface area contributed by atoms with E-state index < -0.39 is 10.0 Å². The Bertz CT molecular complexity index is 1300. The Kier molecular flexibility index (Phi) is 4.95. The van der Waals surface area contributed by atoms with Crippen LogP contribution in [0.15, 0.2) is 59.1 Å². The zero-order valence-corrected chi connectivity index (χ0v) is 18.4. The van der Waals surface area contributed by atoms with Crippen molar-refractivity contribution < 1.29 is 8.42 Å². The van der Waals surface area contributed by atoms with Crippen molar-refractivity contribution in [1.29, 1.82) is 0 Å². The van der Waals surface area contributed by atoms with Crippen molar-refractivity contribution in [3.8, 4) is 10.6 Å². The van der Waals surface area contributed by atoms with E-state index in [9.17, 15) is 8.42 Å². The Morgan fingerprint density at radius 2 is 1.87 bits per heavy atom. The summed E-state index contributed by atoms with van der Waals surface area (Å²) in [4.78, 5) is 9.54. The molecule has 3 heterocycles. The minimum atomic E-state index is -3.75. The minimum Gasteiger partial charge on any atom is -0.241 e. The molecular weight excluding hydrogens is 414 g/mol. The van der Waals surface area contributed by atoms with Crippen molar-refractivity contribution in [2.24, 2.45) is 0 Å². The average Bonchev–Trinajstić information content (AvgIpc) is 3.38. The van der Waals surface area contributed by atoms with Crippen LogP contribution in [-0.4, -0.2) is 22.4 Å². The van der Waals surface area contributed by atoms with Crippen LogP contribution < -0.4 is 0 Å². The maximum absolute atomic E-state index is 13.4. The van der Waals surface area contributed by atoms with E-state index in [4.69, 9.17) is 0 Å². The number of aryl methyl sites for hydroxylation is 1. The smallest absolute Gasteiger partial charge is 0.241 e. The number of aromatic nitrogens is 3. The first kappa shape index (κ1) is 19.5. The van der Waals surface area contributed by atoms with Gasteiger partial charge in [0.15, 0.2) is 5.65 Å². The fourth-order valence-corrected chi connectivity index (χ4v) is 6.46. The number of thiazole rings is 1. The lowest BCUT2D eigenvalue weighted by Crippen LogP contribution is -2.12. The molecule has 0 saturated heterocycles. The summed E-state index contributed by atoms with van der Waals surface area (Å²) in [6, 6.07) is 10.7. The van der Waals surface area contributed by atoms with Gasteiger partial charge < -0.3 is 0 Å². The van der Waals surface area contributed by atoms with E-state index in [-0.39, 0.29) is 4.90 Å². The van der Waals surface area contributed by atoms with Crippen molar-refractivity contribution in [2.75, 3.05) is 0 Å². The summed E-state index contributed by atoms with van der Waals surface area (Å²) in [5, 5.41) is 3.66. The molecule has 1 aromatic carbocycles. The van der Waals surface area contributed by atoms with Gasteiger partial charge in [-0.05, 0) is 49.4 Å². The molecule has 30 heavy (non-hydrogen) atoms. The second-order valence-electron chi connectivity index (χ2n) is 7.93. The molecule has 5 nitrogen and oxygen atoms in total. The summed E-state index contributed by atoms with van der Waals surface area (Å²) < 4.78 is 28.1. The molecule has 0 aliphatic heterocycles. The van der Waals surface area contributed by atoms with E-state index in [2.05, 4.69) is 16.0 Å². The summed E-state index contributed by atoms with van der Waals surface area (Å²) in [7, 11) is -3.75. The van der Waals surface area contributed by atoms with E-state index in [1.807, 2.05) is 24.6 Å². The van der Waals surface area contributed by atoms with Crippen LogP contribution in [0.5, 0.6) is 0 Å². The second-order valence-corrected chi connectivity index (χ2v) is 10.6. The van der Waals surface area contributed by atoms with Gasteiger partial charge in [-0.1, -0.05) is 37.5 Å². The number of hydrogen-bond acceptors (Lipinski definition) is 5. The molecule has 0 unspecified atom stereocenters. The lowest BCUT2D eigenvalue weighted by molar-refractivity contribution is 0.443. The zero-order chi connectivity index (χ0) is 20.7. The highest BCUT2D eigenvalue weighted by molar-refractivity contribution is 7.90. The largest absolute Gasteiger partial charge is 0.269 e. The van der Waals surface area contributed by atoms with Gasteiger partial charge in [-0.3, -0.25) is 0 Å². The summed E-state index contributed by atoms with van der Waals surface area (Å²) in [5.41, 5.74) is 3.42. The minimum absolute atomic E-state index is 0.252. The summed E-state index contributed by atoms with van der Waals surface area (Å²) in [6.45, 7) is 1.95. The molecule has 4 aromatic rings. The Balaban J connectivity index is 1.72. The second kappa shape index (κ2) is 7.63. The monoisotopic (exact) mass is 437 g/mol.